The number of fused-ring (bicyclic) bond motifs is 1. The SMILES string of the molecule is N#CN1CCC(C2C=CN(F)C3=CC=C(Cc4ccccc4)CCC32)CC1. The van der Waals surface area contributed by atoms with Gasteiger partial charge >= 0.3 is 0 Å². The predicted octanol–water partition coefficient (Wildman–Crippen LogP) is 4.97. The molecule has 0 aromatic heterocycles. The van der Waals surface area contributed by atoms with Crippen LogP contribution < -0.4 is 0 Å². The Balaban J connectivity index is 1.49. The van der Waals surface area contributed by atoms with E-state index in [4.69, 9.17) is 5.26 Å². The molecule has 27 heavy (non-hydrogen) atoms. The van der Waals surface area contributed by atoms with Crippen LogP contribution in [0.4, 0.5) is 4.48 Å². The first-order chi connectivity index (χ1) is 13.2. The van der Waals surface area contributed by atoms with Gasteiger partial charge in [-0.05, 0) is 55.6 Å². The molecule has 1 aliphatic carbocycles. The number of hydrogen-bond acceptors (Lipinski definition) is 3. The molecule has 0 bridgehead atoms. The van der Waals surface area contributed by atoms with E-state index < -0.39 is 0 Å². The van der Waals surface area contributed by atoms with E-state index in [0.717, 1.165) is 56.0 Å². The zero-order valence-electron chi connectivity index (χ0n) is 15.6. The van der Waals surface area contributed by atoms with Crippen molar-refractivity contribution in [2.75, 3.05) is 13.1 Å². The normalized spacial score (nSPS) is 25.9. The highest BCUT2D eigenvalue weighted by Crippen LogP contribution is 2.43. The molecule has 1 fully saturated rings. The van der Waals surface area contributed by atoms with Crippen LogP contribution in [0.25, 0.3) is 0 Å². The Kier molecular flexibility index (Phi) is 5.29. The number of nitrogens with zero attached hydrogens (tertiary/aromatic N) is 3. The van der Waals surface area contributed by atoms with Crippen molar-refractivity contribution in [2.45, 2.75) is 32.1 Å². The zero-order chi connectivity index (χ0) is 18.6. The van der Waals surface area contributed by atoms with Crippen molar-refractivity contribution in [3.8, 4) is 6.19 Å². The molecule has 2 aliphatic heterocycles. The van der Waals surface area contributed by atoms with Crippen LogP contribution >= 0.6 is 0 Å². The first-order valence-corrected chi connectivity index (χ1v) is 9.96. The van der Waals surface area contributed by atoms with E-state index in [-0.39, 0.29) is 5.92 Å². The molecule has 3 nitrogen and oxygen atoms in total. The van der Waals surface area contributed by atoms with Gasteiger partial charge in [0.15, 0.2) is 6.19 Å². The summed E-state index contributed by atoms with van der Waals surface area (Å²) in [5, 5.41) is 9.90. The summed E-state index contributed by atoms with van der Waals surface area (Å²) in [4.78, 5) is 1.84. The lowest BCUT2D eigenvalue weighted by Crippen LogP contribution is -2.37. The van der Waals surface area contributed by atoms with Crippen molar-refractivity contribution in [3.05, 3.63) is 71.6 Å². The number of hydrogen-bond donors (Lipinski definition) is 0. The largest absolute Gasteiger partial charge is 0.311 e. The van der Waals surface area contributed by atoms with Crippen LogP contribution in [0.3, 0.4) is 0 Å². The second kappa shape index (κ2) is 8.00. The number of piperidine rings is 1. The molecule has 4 heteroatoms. The summed E-state index contributed by atoms with van der Waals surface area (Å²) in [5.41, 5.74) is 3.48. The van der Waals surface area contributed by atoms with E-state index in [1.54, 1.807) is 6.20 Å². The summed E-state index contributed by atoms with van der Waals surface area (Å²) in [5.74, 6) is 1.13. The van der Waals surface area contributed by atoms with Gasteiger partial charge < -0.3 is 4.90 Å². The van der Waals surface area contributed by atoms with E-state index in [1.165, 1.54) is 11.1 Å². The summed E-state index contributed by atoms with van der Waals surface area (Å²) in [6.07, 6.45) is 15.0. The van der Waals surface area contributed by atoms with Crippen molar-refractivity contribution < 1.29 is 4.48 Å². The molecule has 0 spiro atoms. The fourth-order valence-electron chi connectivity index (χ4n) is 4.79. The van der Waals surface area contributed by atoms with Crippen molar-refractivity contribution in [1.29, 1.82) is 5.26 Å². The van der Waals surface area contributed by atoms with Crippen LogP contribution in [-0.4, -0.2) is 23.1 Å². The van der Waals surface area contributed by atoms with Crippen LogP contribution in [0.5, 0.6) is 0 Å². The number of likely N-dealkylation sites (tertiary alicyclic amines) is 1. The van der Waals surface area contributed by atoms with E-state index >= 15 is 0 Å². The zero-order valence-corrected chi connectivity index (χ0v) is 15.6. The number of halogens is 1. The van der Waals surface area contributed by atoms with E-state index in [1.807, 2.05) is 17.0 Å². The van der Waals surface area contributed by atoms with Crippen molar-refractivity contribution in [2.24, 2.45) is 17.8 Å². The van der Waals surface area contributed by atoms with Crippen LogP contribution in [0.1, 0.15) is 31.2 Å². The van der Waals surface area contributed by atoms with Crippen molar-refractivity contribution in [3.63, 3.8) is 0 Å². The predicted molar refractivity (Wildman–Crippen MR) is 105 cm³/mol. The maximum Gasteiger partial charge on any atom is 0.179 e. The lowest BCUT2D eigenvalue weighted by Gasteiger charge is -2.40. The molecule has 4 rings (SSSR count). The Bertz CT molecular complexity index is 782. The van der Waals surface area contributed by atoms with Crippen LogP contribution in [0, 0.1) is 29.2 Å². The van der Waals surface area contributed by atoms with Gasteiger partial charge in [-0.2, -0.15) is 10.4 Å². The Morgan fingerprint density at radius 2 is 1.85 bits per heavy atom. The van der Waals surface area contributed by atoms with Crippen LogP contribution in [0.15, 0.2) is 66.0 Å². The van der Waals surface area contributed by atoms with Crippen LogP contribution in [-0.2, 0) is 6.42 Å². The Labute approximate surface area is 161 Å². The molecule has 3 aliphatic rings. The fraction of sp³-hybridized carbons (Fsp3) is 0.435. The second-order valence-electron chi connectivity index (χ2n) is 7.88. The molecule has 140 valence electrons. The maximum atomic E-state index is 14.5. The average Bonchev–Trinajstić information content (AvgIpc) is 2.93. The minimum Gasteiger partial charge on any atom is -0.311 e. The third-order valence-electron chi connectivity index (χ3n) is 6.30. The Morgan fingerprint density at radius 1 is 1.07 bits per heavy atom. The molecule has 1 aromatic carbocycles. The number of rotatable bonds is 3. The standard InChI is InChI=1S/C23H26FN3/c24-27-15-12-21(20-10-13-26(17-25)14-11-20)22-8-6-19(7-9-23(22)27)16-18-4-2-1-3-5-18/h1-5,7,9,12,15,20-22H,6,8,10-11,13-14,16H2. The first-order valence-electron chi connectivity index (χ1n) is 9.96. The third-order valence-corrected chi connectivity index (χ3v) is 6.30. The molecule has 0 saturated carbocycles. The minimum atomic E-state index is 0.225. The first kappa shape index (κ1) is 17.9. The molecule has 0 N–H and O–H groups in total. The molecular weight excluding hydrogens is 337 g/mol. The monoisotopic (exact) mass is 363 g/mol. The lowest BCUT2D eigenvalue weighted by molar-refractivity contribution is 0.0773. The quantitative estimate of drug-likeness (QED) is 0.561. The highest BCUT2D eigenvalue weighted by atomic mass is 19.2. The summed E-state index contributed by atoms with van der Waals surface area (Å²) in [7, 11) is 0. The number of allylic oxidation sites excluding steroid dienone is 5. The van der Waals surface area contributed by atoms with E-state index in [0.29, 0.717) is 11.8 Å². The van der Waals surface area contributed by atoms with Gasteiger partial charge in [-0.25, -0.2) is 0 Å². The summed E-state index contributed by atoms with van der Waals surface area (Å²) < 4.78 is 14.5. The van der Waals surface area contributed by atoms with Crippen molar-refractivity contribution >= 4 is 0 Å². The van der Waals surface area contributed by atoms with Gasteiger partial charge in [0, 0.05) is 25.2 Å². The summed E-state index contributed by atoms with van der Waals surface area (Å²) in [6, 6.07) is 10.5. The summed E-state index contributed by atoms with van der Waals surface area (Å²) >= 11 is 0. The van der Waals surface area contributed by atoms with Crippen LogP contribution in [0.2, 0.25) is 0 Å². The number of benzene rings is 1. The van der Waals surface area contributed by atoms with E-state index in [2.05, 4.69) is 42.6 Å². The topological polar surface area (TPSA) is 30.3 Å². The van der Waals surface area contributed by atoms with Gasteiger partial charge in [0.25, 0.3) is 0 Å². The number of nitriles is 1. The van der Waals surface area contributed by atoms with Gasteiger partial charge in [0.1, 0.15) is 0 Å². The molecular formula is C23H26FN3. The average molecular weight is 363 g/mol. The Hall–Kier alpha value is -2.54. The van der Waals surface area contributed by atoms with Gasteiger partial charge in [-0.3, -0.25) is 0 Å². The smallest absolute Gasteiger partial charge is 0.179 e. The highest BCUT2D eigenvalue weighted by Gasteiger charge is 2.37. The van der Waals surface area contributed by atoms with Gasteiger partial charge in [0.05, 0.1) is 5.70 Å². The Morgan fingerprint density at radius 3 is 2.59 bits per heavy atom. The van der Waals surface area contributed by atoms with Gasteiger partial charge in [-0.1, -0.05) is 52.5 Å². The van der Waals surface area contributed by atoms with E-state index in [9.17, 15) is 4.48 Å². The summed E-state index contributed by atoms with van der Waals surface area (Å²) in [6.45, 7) is 1.66. The third kappa shape index (κ3) is 3.93. The highest BCUT2D eigenvalue weighted by molar-refractivity contribution is 5.30. The fourth-order valence-corrected chi connectivity index (χ4v) is 4.79. The molecule has 0 radical (unpaired) electrons. The molecule has 2 heterocycles. The molecule has 1 saturated heterocycles. The minimum absolute atomic E-state index is 0.225. The maximum absolute atomic E-state index is 14.5. The second-order valence-corrected chi connectivity index (χ2v) is 7.88. The van der Waals surface area contributed by atoms with Gasteiger partial charge in [0.2, 0.25) is 0 Å². The van der Waals surface area contributed by atoms with Crippen molar-refractivity contribution in [1.82, 2.24) is 10.0 Å². The molecule has 0 amide bonds. The molecule has 2 atom stereocenters. The lowest BCUT2D eigenvalue weighted by atomic mass is 9.72. The molecule has 1 aromatic rings. The van der Waals surface area contributed by atoms with Gasteiger partial charge in [-0.15, -0.1) is 0 Å². The molecule has 2 unspecified atom stereocenters.